The van der Waals surface area contributed by atoms with Crippen molar-refractivity contribution in [2.24, 2.45) is 5.73 Å². The standard InChI is InChI=1S/C19H19FN4O2/c1-8-12(20)7-14(25)9(2)16(8)24-17(21)15(18(22)26)11-6-10-4-3-5-13(10)23-19(11)24/h6-7,25H,3-5,21H2,1-2H3,(H2,22,26). The number of rotatable bonds is 2. The average molecular weight is 354 g/mol. The van der Waals surface area contributed by atoms with Crippen LogP contribution >= 0.6 is 0 Å². The van der Waals surface area contributed by atoms with E-state index in [-0.39, 0.29) is 17.1 Å². The molecule has 2 aromatic heterocycles. The number of primary amides is 1. The van der Waals surface area contributed by atoms with E-state index in [1.165, 1.54) is 4.57 Å². The summed E-state index contributed by atoms with van der Waals surface area (Å²) < 4.78 is 15.8. The van der Waals surface area contributed by atoms with Crippen molar-refractivity contribution in [3.05, 3.63) is 45.9 Å². The summed E-state index contributed by atoms with van der Waals surface area (Å²) in [6, 6.07) is 2.97. The number of phenolic OH excluding ortho intramolecular Hbond substituents is 1. The normalized spacial score (nSPS) is 13.3. The van der Waals surface area contributed by atoms with Crippen molar-refractivity contribution in [3.8, 4) is 11.4 Å². The van der Waals surface area contributed by atoms with Gasteiger partial charge in [-0.05, 0) is 44.7 Å². The number of nitrogens with zero attached hydrogens (tertiary/aromatic N) is 2. The summed E-state index contributed by atoms with van der Waals surface area (Å²) in [5.74, 6) is -1.32. The van der Waals surface area contributed by atoms with Gasteiger partial charge in [-0.2, -0.15) is 0 Å². The van der Waals surface area contributed by atoms with Gasteiger partial charge in [0, 0.05) is 28.3 Å². The number of carbonyl (C=O) groups is 1. The zero-order valence-electron chi connectivity index (χ0n) is 14.6. The molecule has 0 bridgehead atoms. The molecule has 1 aliphatic rings. The molecule has 0 spiro atoms. The number of aryl methyl sites for hydroxylation is 2. The Bertz CT molecular complexity index is 1080. The first kappa shape index (κ1) is 16.4. The predicted octanol–water partition coefficient (Wildman–Crippen LogP) is 2.66. The maximum absolute atomic E-state index is 14.3. The number of fused-ring (bicyclic) bond motifs is 2. The number of nitrogen functional groups attached to an aromatic ring is 1. The van der Waals surface area contributed by atoms with Crippen LogP contribution < -0.4 is 11.5 Å². The highest BCUT2D eigenvalue weighted by Crippen LogP contribution is 2.38. The van der Waals surface area contributed by atoms with E-state index in [0.29, 0.717) is 27.8 Å². The van der Waals surface area contributed by atoms with Crippen LogP contribution in [0.25, 0.3) is 16.7 Å². The van der Waals surface area contributed by atoms with Gasteiger partial charge in [0.2, 0.25) is 0 Å². The van der Waals surface area contributed by atoms with Crippen LogP contribution in [0.4, 0.5) is 10.2 Å². The van der Waals surface area contributed by atoms with E-state index in [0.717, 1.165) is 36.6 Å². The van der Waals surface area contributed by atoms with Crippen molar-refractivity contribution in [2.75, 3.05) is 5.73 Å². The smallest absolute Gasteiger partial charge is 0.253 e. The van der Waals surface area contributed by atoms with Crippen molar-refractivity contribution in [2.45, 2.75) is 33.1 Å². The molecule has 0 atom stereocenters. The van der Waals surface area contributed by atoms with E-state index in [1.54, 1.807) is 13.8 Å². The molecule has 1 aliphatic carbocycles. The summed E-state index contributed by atoms with van der Waals surface area (Å²) in [7, 11) is 0. The second-order valence-electron chi connectivity index (χ2n) is 6.75. The fourth-order valence-corrected chi connectivity index (χ4v) is 3.85. The number of nitrogens with two attached hydrogens (primary N) is 2. The lowest BCUT2D eigenvalue weighted by Crippen LogP contribution is -2.14. The van der Waals surface area contributed by atoms with Crippen LogP contribution in [-0.4, -0.2) is 20.6 Å². The van der Waals surface area contributed by atoms with Gasteiger partial charge in [-0.3, -0.25) is 9.36 Å². The Kier molecular flexibility index (Phi) is 3.44. The molecule has 26 heavy (non-hydrogen) atoms. The fraction of sp³-hybridized carbons (Fsp3) is 0.263. The van der Waals surface area contributed by atoms with E-state index < -0.39 is 11.7 Å². The number of phenols is 1. The number of pyridine rings is 1. The third-order valence-electron chi connectivity index (χ3n) is 5.20. The molecular weight excluding hydrogens is 335 g/mol. The molecule has 0 fully saturated rings. The van der Waals surface area contributed by atoms with Crippen LogP contribution in [-0.2, 0) is 12.8 Å². The van der Waals surface area contributed by atoms with Gasteiger partial charge in [0.1, 0.15) is 23.0 Å². The third-order valence-corrected chi connectivity index (χ3v) is 5.20. The summed E-state index contributed by atoms with van der Waals surface area (Å²) in [4.78, 5) is 16.8. The van der Waals surface area contributed by atoms with Gasteiger partial charge < -0.3 is 16.6 Å². The van der Waals surface area contributed by atoms with Gasteiger partial charge in [0.25, 0.3) is 5.91 Å². The number of halogens is 1. The molecule has 2 heterocycles. The highest BCUT2D eigenvalue weighted by Gasteiger charge is 2.27. The minimum Gasteiger partial charge on any atom is -0.507 e. The molecule has 134 valence electrons. The number of hydrogen-bond acceptors (Lipinski definition) is 4. The second-order valence-corrected chi connectivity index (χ2v) is 6.75. The summed E-state index contributed by atoms with van der Waals surface area (Å²) in [6.07, 6.45) is 2.73. The van der Waals surface area contributed by atoms with E-state index in [1.807, 2.05) is 6.07 Å². The Labute approximate surface area is 149 Å². The first-order valence-corrected chi connectivity index (χ1v) is 8.42. The first-order valence-electron chi connectivity index (χ1n) is 8.42. The topological polar surface area (TPSA) is 107 Å². The number of anilines is 1. The minimum absolute atomic E-state index is 0.0971. The van der Waals surface area contributed by atoms with Crippen LogP contribution in [0.15, 0.2) is 12.1 Å². The molecule has 0 radical (unpaired) electrons. The SMILES string of the molecule is Cc1c(O)cc(F)c(C)c1-n1c(N)c(C(N)=O)c2cc3c(nc21)CCC3. The van der Waals surface area contributed by atoms with E-state index in [4.69, 9.17) is 16.5 Å². The Morgan fingerprint density at radius 1 is 1.27 bits per heavy atom. The number of amides is 1. The largest absolute Gasteiger partial charge is 0.507 e. The number of carbonyl (C=O) groups excluding carboxylic acids is 1. The summed E-state index contributed by atoms with van der Waals surface area (Å²) in [6.45, 7) is 3.26. The van der Waals surface area contributed by atoms with Crippen molar-refractivity contribution < 1.29 is 14.3 Å². The van der Waals surface area contributed by atoms with Gasteiger partial charge in [-0.25, -0.2) is 9.37 Å². The molecule has 1 aromatic carbocycles. The van der Waals surface area contributed by atoms with Gasteiger partial charge in [0.15, 0.2) is 0 Å². The van der Waals surface area contributed by atoms with Gasteiger partial charge in [-0.15, -0.1) is 0 Å². The predicted molar refractivity (Wildman–Crippen MR) is 97.1 cm³/mol. The van der Waals surface area contributed by atoms with Crippen molar-refractivity contribution in [1.29, 1.82) is 0 Å². The quantitative estimate of drug-likeness (QED) is 0.657. The Hall–Kier alpha value is -3.09. The molecular formula is C19H19FN4O2. The van der Waals surface area contributed by atoms with Crippen LogP contribution in [0.3, 0.4) is 0 Å². The van der Waals surface area contributed by atoms with Crippen molar-refractivity contribution in [1.82, 2.24) is 9.55 Å². The number of hydrogen-bond donors (Lipinski definition) is 3. The molecule has 7 heteroatoms. The highest BCUT2D eigenvalue weighted by atomic mass is 19.1. The molecule has 0 saturated carbocycles. The van der Waals surface area contributed by atoms with Gasteiger partial charge >= 0.3 is 0 Å². The van der Waals surface area contributed by atoms with Crippen molar-refractivity contribution >= 4 is 22.8 Å². The van der Waals surface area contributed by atoms with Gasteiger partial charge in [-0.1, -0.05) is 0 Å². The monoisotopic (exact) mass is 354 g/mol. The molecule has 0 aliphatic heterocycles. The lowest BCUT2D eigenvalue weighted by atomic mass is 10.1. The Morgan fingerprint density at radius 3 is 2.69 bits per heavy atom. The molecule has 1 amide bonds. The summed E-state index contributed by atoms with van der Waals surface area (Å²) in [5.41, 5.74) is 15.6. The maximum atomic E-state index is 14.3. The number of aromatic nitrogens is 2. The molecule has 3 aromatic rings. The highest BCUT2D eigenvalue weighted by molar-refractivity contribution is 6.11. The van der Waals surface area contributed by atoms with Crippen LogP contribution in [0.1, 0.15) is 39.2 Å². The summed E-state index contributed by atoms with van der Waals surface area (Å²) >= 11 is 0. The van der Waals surface area contributed by atoms with E-state index in [2.05, 4.69) is 0 Å². The average Bonchev–Trinajstić information content (AvgIpc) is 3.13. The lowest BCUT2D eigenvalue weighted by molar-refractivity contribution is 0.100. The Balaban J connectivity index is 2.18. The van der Waals surface area contributed by atoms with E-state index >= 15 is 0 Å². The van der Waals surface area contributed by atoms with Crippen LogP contribution in [0, 0.1) is 19.7 Å². The molecule has 0 saturated heterocycles. The second kappa shape index (κ2) is 5.45. The zero-order valence-corrected chi connectivity index (χ0v) is 14.6. The fourth-order valence-electron chi connectivity index (χ4n) is 3.85. The van der Waals surface area contributed by atoms with Crippen LogP contribution in [0.5, 0.6) is 5.75 Å². The molecule has 6 nitrogen and oxygen atoms in total. The number of benzene rings is 1. The molecule has 5 N–H and O–H groups in total. The minimum atomic E-state index is -0.665. The Morgan fingerprint density at radius 2 is 2.00 bits per heavy atom. The molecule has 0 unspecified atom stereocenters. The number of aromatic hydroxyl groups is 1. The van der Waals surface area contributed by atoms with E-state index in [9.17, 15) is 14.3 Å². The summed E-state index contributed by atoms with van der Waals surface area (Å²) in [5, 5.41) is 10.6. The van der Waals surface area contributed by atoms with Gasteiger partial charge in [0.05, 0.1) is 11.3 Å². The first-order chi connectivity index (χ1) is 12.3. The third kappa shape index (κ3) is 2.09. The maximum Gasteiger partial charge on any atom is 0.253 e. The van der Waals surface area contributed by atoms with Crippen molar-refractivity contribution in [3.63, 3.8) is 0 Å². The zero-order chi connectivity index (χ0) is 18.7. The van der Waals surface area contributed by atoms with Crippen LogP contribution in [0.2, 0.25) is 0 Å². The molecule has 4 rings (SSSR count). The lowest BCUT2D eigenvalue weighted by Gasteiger charge is -2.16.